The summed E-state index contributed by atoms with van der Waals surface area (Å²) in [5.74, 6) is -3.98. The summed E-state index contributed by atoms with van der Waals surface area (Å²) in [4.78, 5) is 63.1. The Hall–Kier alpha value is -4.41. The van der Waals surface area contributed by atoms with Gasteiger partial charge in [0.15, 0.2) is 0 Å². The molecule has 3 aliphatic heterocycles. The van der Waals surface area contributed by atoms with Crippen LogP contribution in [0.2, 0.25) is 0 Å². The van der Waals surface area contributed by atoms with Crippen LogP contribution in [0.25, 0.3) is 10.9 Å². The highest BCUT2D eigenvalue weighted by molar-refractivity contribution is 7.91. The lowest BCUT2D eigenvalue weighted by Gasteiger charge is -2.37. The topological polar surface area (TPSA) is 170 Å². The lowest BCUT2D eigenvalue weighted by atomic mass is 9.86. The molecule has 1 aromatic carbocycles. The van der Waals surface area contributed by atoms with Gasteiger partial charge in [-0.3, -0.25) is 23.9 Å². The smallest absolute Gasteiger partial charge is 0.427 e. The minimum Gasteiger partial charge on any atom is -0.497 e. The Balaban J connectivity index is 1.26. The van der Waals surface area contributed by atoms with E-state index in [1.807, 2.05) is 44.2 Å². The first-order valence-corrected chi connectivity index (χ1v) is 22.4. The Morgan fingerprint density at radius 2 is 1.83 bits per heavy atom. The van der Waals surface area contributed by atoms with E-state index >= 15 is 0 Å². The number of methoxy groups -OCH3 is 1. The van der Waals surface area contributed by atoms with Crippen molar-refractivity contribution in [2.75, 3.05) is 13.7 Å². The first kappa shape index (κ1) is 43.7. The van der Waals surface area contributed by atoms with Crippen LogP contribution < -0.4 is 19.5 Å². The predicted molar refractivity (Wildman–Crippen MR) is 214 cm³/mol. The largest absolute Gasteiger partial charge is 0.497 e. The van der Waals surface area contributed by atoms with Gasteiger partial charge in [-0.1, -0.05) is 38.8 Å². The number of fused-ring (bicyclic) bond motifs is 5. The molecule has 7 rings (SSSR count). The van der Waals surface area contributed by atoms with Gasteiger partial charge in [-0.15, -0.1) is 0 Å². The molecule has 60 heavy (non-hydrogen) atoms. The number of alkyl halides is 3. The highest BCUT2D eigenvalue weighted by atomic mass is 32.2. The molecule has 13 nitrogen and oxygen atoms in total. The number of amides is 3. The molecule has 0 radical (unpaired) electrons. The fraction of sp³-hybridized carbons (Fsp3) is 0.651. The zero-order chi connectivity index (χ0) is 43.6. The highest BCUT2D eigenvalue weighted by Gasteiger charge is 2.64. The number of aryl methyl sites for hydroxylation is 1. The fourth-order valence-electron chi connectivity index (χ4n) is 8.77. The van der Waals surface area contributed by atoms with Gasteiger partial charge in [-0.05, 0) is 96.3 Å². The van der Waals surface area contributed by atoms with Crippen molar-refractivity contribution in [3.63, 3.8) is 0 Å². The van der Waals surface area contributed by atoms with Crippen molar-refractivity contribution in [2.45, 2.75) is 151 Å². The van der Waals surface area contributed by atoms with Crippen LogP contribution in [0.4, 0.5) is 13.2 Å². The standard InChI is InChI=1S/C43H55F3N4O9S/c1-25(2)34-35-29(30-21-28(57-6)14-15-31(30)47-34)16-17-41(59-35)23-32-36(52)48-42(38(54)49-60(55,56)40(5)18-19-40)22-27(42)13-11-9-7-8-10-12-26(37(53)50(32)24-41)20-33(51)58-39(3,4)43(44,45)46/h11,13-15,21,25-27,32H,7-10,12,16-20,22-24H2,1-6H3,(H,48,52)(H,49,54)/b13-11-/t26-,27-,32+,41-,42-/m1/s1. The number of hydrogen-bond acceptors (Lipinski definition) is 10. The van der Waals surface area contributed by atoms with Gasteiger partial charge in [0.1, 0.15) is 28.7 Å². The third-order valence-corrected chi connectivity index (χ3v) is 15.3. The molecule has 3 fully saturated rings. The van der Waals surface area contributed by atoms with E-state index in [0.717, 1.165) is 30.3 Å². The summed E-state index contributed by atoms with van der Waals surface area (Å²) in [7, 11) is -2.50. The summed E-state index contributed by atoms with van der Waals surface area (Å²) in [6, 6.07) is 4.34. The van der Waals surface area contributed by atoms with Crippen LogP contribution in [0.1, 0.15) is 122 Å². The average Bonchev–Trinajstić information content (AvgIpc) is 4.06. The fourth-order valence-corrected chi connectivity index (χ4v) is 10.1. The maximum Gasteiger partial charge on any atom is 0.427 e. The van der Waals surface area contributed by atoms with Gasteiger partial charge in [0.2, 0.25) is 27.4 Å². The number of halogens is 3. The van der Waals surface area contributed by atoms with E-state index in [9.17, 15) is 40.8 Å². The third-order valence-electron chi connectivity index (χ3n) is 13.2. The molecule has 2 N–H and O–H groups in total. The van der Waals surface area contributed by atoms with E-state index in [0.29, 0.717) is 68.6 Å². The van der Waals surface area contributed by atoms with Crippen molar-refractivity contribution in [3.8, 4) is 11.5 Å². The number of aromatic nitrogens is 1. The quantitative estimate of drug-likeness (QED) is 0.227. The van der Waals surface area contributed by atoms with E-state index in [1.54, 1.807) is 14.0 Å². The molecule has 2 saturated carbocycles. The summed E-state index contributed by atoms with van der Waals surface area (Å²) in [5.41, 5.74) is -3.23. The Morgan fingerprint density at radius 1 is 1.10 bits per heavy atom. The van der Waals surface area contributed by atoms with Crippen LogP contribution >= 0.6 is 0 Å². The van der Waals surface area contributed by atoms with E-state index in [2.05, 4.69) is 10.0 Å². The number of pyridine rings is 1. The molecular formula is C43H55F3N4O9S. The number of esters is 1. The summed E-state index contributed by atoms with van der Waals surface area (Å²) >= 11 is 0. The minimum absolute atomic E-state index is 0.0233. The number of nitrogens with one attached hydrogen (secondary N) is 2. The molecule has 4 heterocycles. The van der Waals surface area contributed by atoms with Crippen molar-refractivity contribution in [1.82, 2.24) is 19.9 Å². The first-order valence-electron chi connectivity index (χ1n) is 20.9. The number of ether oxygens (including phenoxy) is 3. The summed E-state index contributed by atoms with van der Waals surface area (Å²) < 4.78 is 86.4. The van der Waals surface area contributed by atoms with Crippen LogP contribution in [0.15, 0.2) is 30.4 Å². The number of hydrogen-bond donors (Lipinski definition) is 2. The van der Waals surface area contributed by atoms with Crippen molar-refractivity contribution in [3.05, 3.63) is 41.6 Å². The van der Waals surface area contributed by atoms with Gasteiger partial charge >= 0.3 is 12.1 Å². The Labute approximate surface area is 348 Å². The lowest BCUT2D eigenvalue weighted by Crippen LogP contribution is -2.57. The van der Waals surface area contributed by atoms with Gasteiger partial charge in [0, 0.05) is 29.2 Å². The number of carbonyl (C=O) groups excluding carboxylic acids is 4. The molecule has 5 atom stereocenters. The normalized spacial score (nSPS) is 28.6. The van der Waals surface area contributed by atoms with Gasteiger partial charge in [0.25, 0.3) is 5.91 Å². The second kappa shape index (κ2) is 15.5. The van der Waals surface area contributed by atoms with Crippen LogP contribution in [-0.4, -0.2) is 89.4 Å². The molecule has 1 aromatic heterocycles. The van der Waals surface area contributed by atoms with Crippen molar-refractivity contribution < 1.29 is 55.0 Å². The van der Waals surface area contributed by atoms with Gasteiger partial charge < -0.3 is 24.4 Å². The van der Waals surface area contributed by atoms with Crippen LogP contribution in [0, 0.1) is 11.8 Å². The molecule has 0 unspecified atom stereocenters. The van der Waals surface area contributed by atoms with E-state index in [-0.39, 0.29) is 31.7 Å². The minimum atomic E-state index is -4.86. The molecule has 2 aromatic rings. The summed E-state index contributed by atoms with van der Waals surface area (Å²) in [6.45, 7) is 6.90. The second-order valence-corrected chi connectivity index (χ2v) is 20.6. The monoisotopic (exact) mass is 860 g/mol. The van der Waals surface area contributed by atoms with Gasteiger partial charge in [-0.25, -0.2) is 13.4 Å². The third kappa shape index (κ3) is 8.18. The zero-order valence-corrected chi connectivity index (χ0v) is 35.8. The van der Waals surface area contributed by atoms with Crippen LogP contribution in [0.5, 0.6) is 11.5 Å². The molecule has 0 bridgehead atoms. The van der Waals surface area contributed by atoms with Crippen molar-refractivity contribution >= 4 is 44.6 Å². The SMILES string of the molecule is COc1ccc2nc(C(C)C)c3c(c2c1)CC[C@]1(C[C@H]2C(=O)N[C@]4(C(=O)NS(=O)(=O)C5(C)CC5)C[C@H]4/C=C\CCCCC[C@H](CC(=O)OC(C)(C)C(F)(F)F)C(=O)N2C1)O3. The van der Waals surface area contributed by atoms with E-state index < -0.39 is 85.7 Å². The average molecular weight is 861 g/mol. The lowest BCUT2D eigenvalue weighted by molar-refractivity contribution is -0.257. The maximum absolute atomic E-state index is 14.9. The van der Waals surface area contributed by atoms with Gasteiger partial charge in [-0.2, -0.15) is 13.2 Å². The molecule has 3 amide bonds. The molecule has 2 aliphatic carbocycles. The first-order chi connectivity index (χ1) is 28.0. The molecule has 17 heteroatoms. The highest BCUT2D eigenvalue weighted by Crippen LogP contribution is 2.50. The van der Waals surface area contributed by atoms with E-state index in [4.69, 9.17) is 19.2 Å². The van der Waals surface area contributed by atoms with Crippen molar-refractivity contribution in [1.29, 1.82) is 0 Å². The summed E-state index contributed by atoms with van der Waals surface area (Å²) in [5, 5.41) is 3.71. The van der Waals surface area contributed by atoms with Crippen LogP contribution in [-0.2, 0) is 40.4 Å². The van der Waals surface area contributed by atoms with Gasteiger partial charge in [0.05, 0.1) is 36.0 Å². The number of sulfonamides is 1. The number of benzene rings is 1. The summed E-state index contributed by atoms with van der Waals surface area (Å²) in [6.07, 6.45) is 2.40. The Bertz CT molecular complexity index is 2220. The molecule has 1 saturated heterocycles. The van der Waals surface area contributed by atoms with Crippen molar-refractivity contribution in [2.24, 2.45) is 11.8 Å². The zero-order valence-electron chi connectivity index (χ0n) is 35.0. The molecule has 1 spiro atoms. The Kier molecular flexibility index (Phi) is 11.3. The van der Waals surface area contributed by atoms with E-state index in [1.165, 1.54) is 4.90 Å². The molecule has 5 aliphatic rings. The number of nitrogens with zero attached hydrogens (tertiary/aromatic N) is 2. The molecular weight excluding hydrogens is 806 g/mol. The number of rotatable bonds is 8. The molecule has 328 valence electrons. The predicted octanol–water partition coefficient (Wildman–Crippen LogP) is 6.32. The van der Waals surface area contributed by atoms with Crippen LogP contribution in [0.3, 0.4) is 0 Å². The maximum atomic E-state index is 14.9. The number of carbonyl (C=O) groups is 4. The Morgan fingerprint density at radius 3 is 2.50 bits per heavy atom. The second-order valence-electron chi connectivity index (χ2n) is 18.4. The number of allylic oxidation sites excluding steroid dienone is 1.